The van der Waals surface area contributed by atoms with Crippen LogP contribution in [0.25, 0.3) is 21.9 Å². The summed E-state index contributed by atoms with van der Waals surface area (Å²) >= 11 is 0. The molecule has 19 heavy (non-hydrogen) atoms. The molecule has 2 heterocycles. The van der Waals surface area contributed by atoms with E-state index in [0.29, 0.717) is 5.95 Å². The van der Waals surface area contributed by atoms with Crippen molar-refractivity contribution in [2.24, 2.45) is 0 Å². The van der Waals surface area contributed by atoms with Crippen LogP contribution < -0.4 is 11.5 Å². The molecule has 0 aliphatic rings. The van der Waals surface area contributed by atoms with E-state index in [2.05, 4.69) is 21.5 Å². The van der Waals surface area contributed by atoms with Crippen LogP contribution in [-0.4, -0.2) is 14.5 Å². The Balaban J connectivity index is 0.000000637. The highest BCUT2D eigenvalue weighted by molar-refractivity contribution is 6.07. The van der Waals surface area contributed by atoms with Gasteiger partial charge in [0.2, 0.25) is 5.95 Å². The molecule has 2 aromatic heterocycles. The highest BCUT2D eigenvalue weighted by atomic mass is 15.1. The second-order valence-electron chi connectivity index (χ2n) is 3.99. The van der Waals surface area contributed by atoms with Gasteiger partial charge < -0.3 is 16.0 Å². The van der Waals surface area contributed by atoms with Crippen LogP contribution in [0, 0.1) is 0 Å². The van der Waals surface area contributed by atoms with Crippen LogP contribution in [0.4, 0.5) is 11.6 Å². The molecule has 4 N–H and O–H groups in total. The van der Waals surface area contributed by atoms with Gasteiger partial charge in [0, 0.05) is 29.2 Å². The molecule has 0 fully saturated rings. The molecule has 0 aliphatic carbocycles. The van der Waals surface area contributed by atoms with Gasteiger partial charge in [-0.25, -0.2) is 4.98 Å². The number of rotatable bonds is 1. The fourth-order valence-corrected chi connectivity index (χ4v) is 2.22. The zero-order chi connectivity index (χ0) is 14.0. The molecule has 0 radical (unpaired) electrons. The monoisotopic (exact) mass is 257 g/mol. The fourth-order valence-electron chi connectivity index (χ4n) is 2.22. The normalized spacial score (nSPS) is 10.5. The van der Waals surface area contributed by atoms with Crippen LogP contribution in [0.2, 0.25) is 0 Å². The van der Waals surface area contributed by atoms with Crippen molar-refractivity contribution in [1.29, 1.82) is 0 Å². The molecule has 0 amide bonds. The summed E-state index contributed by atoms with van der Waals surface area (Å²) in [5.41, 5.74) is 14.1. The Labute approximate surface area is 112 Å². The lowest BCUT2D eigenvalue weighted by Gasteiger charge is -2.02. The Bertz CT molecular complexity index is 655. The van der Waals surface area contributed by atoms with Crippen molar-refractivity contribution in [3.8, 4) is 0 Å². The van der Waals surface area contributed by atoms with Gasteiger partial charge in [-0.3, -0.25) is 0 Å². The molecule has 3 aromatic rings. The Morgan fingerprint density at radius 2 is 1.89 bits per heavy atom. The summed E-state index contributed by atoms with van der Waals surface area (Å²) < 4.78 is 2.10. The van der Waals surface area contributed by atoms with Gasteiger partial charge in [0.25, 0.3) is 0 Å². The molecule has 1 aromatic carbocycles. The van der Waals surface area contributed by atoms with Crippen molar-refractivity contribution in [3.63, 3.8) is 0 Å². The topological polar surface area (TPSA) is 82.8 Å². The molecule has 5 heteroatoms. The second-order valence-corrected chi connectivity index (χ2v) is 3.99. The van der Waals surface area contributed by atoms with Gasteiger partial charge in [-0.15, -0.1) is 0 Å². The number of hydrogen-bond acceptors (Lipinski definition) is 4. The third-order valence-corrected chi connectivity index (χ3v) is 2.96. The SMILES string of the molecule is CC.CCn1c2cc(N)ccc2c2cnc(N)nc21. The maximum atomic E-state index is 5.83. The Hall–Kier alpha value is -2.30. The quantitative estimate of drug-likeness (QED) is 0.657. The zero-order valence-electron chi connectivity index (χ0n) is 11.5. The number of benzene rings is 1. The van der Waals surface area contributed by atoms with E-state index < -0.39 is 0 Å². The van der Waals surface area contributed by atoms with Crippen molar-refractivity contribution in [2.75, 3.05) is 11.5 Å². The lowest BCUT2D eigenvalue weighted by molar-refractivity contribution is 0.816. The first-order chi connectivity index (χ1) is 9.20. The molecule has 0 saturated heterocycles. The summed E-state index contributed by atoms with van der Waals surface area (Å²) in [5.74, 6) is 0.294. The van der Waals surface area contributed by atoms with Gasteiger partial charge >= 0.3 is 0 Å². The summed E-state index contributed by atoms with van der Waals surface area (Å²) in [7, 11) is 0. The minimum Gasteiger partial charge on any atom is -0.399 e. The maximum Gasteiger partial charge on any atom is 0.221 e. The predicted octanol–water partition coefficient (Wildman–Crippen LogP) is 2.79. The summed E-state index contributed by atoms with van der Waals surface area (Å²) in [6.07, 6.45) is 1.77. The van der Waals surface area contributed by atoms with Crippen LogP contribution in [0.3, 0.4) is 0 Å². The predicted molar refractivity (Wildman–Crippen MR) is 80.9 cm³/mol. The van der Waals surface area contributed by atoms with Crippen LogP contribution in [-0.2, 0) is 6.54 Å². The van der Waals surface area contributed by atoms with Crippen LogP contribution in [0.5, 0.6) is 0 Å². The third-order valence-electron chi connectivity index (χ3n) is 2.96. The number of fused-ring (bicyclic) bond motifs is 3. The first-order valence-corrected chi connectivity index (χ1v) is 6.50. The highest BCUT2D eigenvalue weighted by Gasteiger charge is 2.11. The molecule has 0 saturated carbocycles. The Morgan fingerprint density at radius 3 is 2.58 bits per heavy atom. The highest BCUT2D eigenvalue weighted by Crippen LogP contribution is 2.28. The summed E-state index contributed by atoms with van der Waals surface area (Å²) in [6, 6.07) is 5.84. The number of aromatic nitrogens is 3. The Kier molecular flexibility index (Phi) is 3.55. The van der Waals surface area contributed by atoms with Gasteiger partial charge in [0.05, 0.1) is 5.52 Å². The van der Waals surface area contributed by atoms with Crippen LogP contribution in [0.1, 0.15) is 20.8 Å². The van der Waals surface area contributed by atoms with E-state index in [1.165, 1.54) is 0 Å². The molecule has 0 bridgehead atoms. The van der Waals surface area contributed by atoms with Gasteiger partial charge in [0.1, 0.15) is 5.65 Å². The van der Waals surface area contributed by atoms with E-state index in [1.807, 2.05) is 32.0 Å². The molecule has 0 atom stereocenters. The van der Waals surface area contributed by atoms with Gasteiger partial charge in [-0.05, 0) is 19.1 Å². The largest absolute Gasteiger partial charge is 0.399 e. The van der Waals surface area contributed by atoms with Crippen molar-refractivity contribution in [3.05, 3.63) is 24.4 Å². The number of nitrogens with zero attached hydrogens (tertiary/aromatic N) is 3. The molecule has 3 rings (SSSR count). The van der Waals surface area contributed by atoms with Gasteiger partial charge in [-0.2, -0.15) is 4.98 Å². The van der Waals surface area contributed by atoms with Crippen molar-refractivity contribution in [1.82, 2.24) is 14.5 Å². The maximum absolute atomic E-state index is 5.83. The van der Waals surface area contributed by atoms with E-state index in [9.17, 15) is 0 Å². The molecule has 0 aliphatic heterocycles. The van der Waals surface area contributed by atoms with Crippen molar-refractivity contribution < 1.29 is 0 Å². The fraction of sp³-hybridized carbons (Fsp3) is 0.286. The first-order valence-electron chi connectivity index (χ1n) is 6.50. The number of nitrogen functional groups attached to an aromatic ring is 2. The number of aryl methyl sites for hydroxylation is 1. The lowest BCUT2D eigenvalue weighted by atomic mass is 10.2. The molecular formula is C14H19N5. The van der Waals surface area contributed by atoms with E-state index in [4.69, 9.17) is 11.5 Å². The second kappa shape index (κ2) is 5.14. The smallest absolute Gasteiger partial charge is 0.221 e. The zero-order valence-corrected chi connectivity index (χ0v) is 11.5. The summed E-state index contributed by atoms with van der Waals surface area (Å²) in [4.78, 5) is 8.35. The minimum atomic E-state index is 0.294. The summed E-state index contributed by atoms with van der Waals surface area (Å²) in [6.45, 7) is 6.89. The van der Waals surface area contributed by atoms with Crippen LogP contribution in [0.15, 0.2) is 24.4 Å². The third kappa shape index (κ3) is 2.07. The van der Waals surface area contributed by atoms with Gasteiger partial charge in [-0.1, -0.05) is 19.9 Å². The average molecular weight is 257 g/mol. The number of nitrogens with two attached hydrogens (primary N) is 2. The van der Waals surface area contributed by atoms with Gasteiger partial charge in [0.15, 0.2) is 0 Å². The molecule has 5 nitrogen and oxygen atoms in total. The molecule has 0 spiro atoms. The van der Waals surface area contributed by atoms with E-state index in [0.717, 1.165) is 34.2 Å². The lowest BCUT2D eigenvalue weighted by Crippen LogP contribution is -1.99. The van der Waals surface area contributed by atoms with Crippen LogP contribution >= 0.6 is 0 Å². The molecular weight excluding hydrogens is 238 g/mol. The standard InChI is InChI=1S/C12H13N5.C2H6/c1-2-17-10-5-7(13)3-4-8(10)9-6-15-12(14)16-11(9)17;1-2/h3-6H,2,13H2,1H3,(H2,14,15,16);1-2H3. The minimum absolute atomic E-state index is 0.294. The number of anilines is 2. The van der Waals surface area contributed by atoms with E-state index >= 15 is 0 Å². The van der Waals surface area contributed by atoms with Crippen molar-refractivity contribution >= 4 is 33.6 Å². The summed E-state index contributed by atoms with van der Waals surface area (Å²) in [5, 5.41) is 2.12. The van der Waals surface area contributed by atoms with Crippen molar-refractivity contribution in [2.45, 2.75) is 27.3 Å². The molecule has 100 valence electrons. The number of hydrogen-bond donors (Lipinski definition) is 2. The first kappa shape index (κ1) is 13.1. The van der Waals surface area contributed by atoms with E-state index in [1.54, 1.807) is 6.20 Å². The van der Waals surface area contributed by atoms with E-state index in [-0.39, 0.29) is 0 Å². The Morgan fingerprint density at radius 1 is 1.16 bits per heavy atom. The average Bonchev–Trinajstić information content (AvgIpc) is 2.72. The molecule has 0 unspecified atom stereocenters.